The lowest BCUT2D eigenvalue weighted by Crippen LogP contribution is -2.09. The van der Waals surface area contributed by atoms with Crippen molar-refractivity contribution >= 4 is 5.69 Å². The van der Waals surface area contributed by atoms with E-state index in [0.717, 1.165) is 5.69 Å². The lowest BCUT2D eigenvalue weighted by atomic mass is 9.97. The maximum Gasteiger partial charge on any atom is 0.417 e. The Bertz CT molecular complexity index is 796. The molecule has 3 rings (SSSR count). The van der Waals surface area contributed by atoms with Crippen LogP contribution in [0.15, 0.2) is 78.9 Å². The smallest absolute Gasteiger partial charge is 0.381 e. The average Bonchev–Trinajstić information content (AvgIpc) is 2.61. The molecule has 24 heavy (non-hydrogen) atoms. The molecule has 4 heteroatoms. The summed E-state index contributed by atoms with van der Waals surface area (Å²) in [6, 6.07) is 22.5. The van der Waals surface area contributed by atoms with Crippen molar-refractivity contribution in [3.8, 4) is 11.1 Å². The standard InChI is InChI=1S/C20H16F3N/c21-20(22,23)19-13-15(14-24-17-9-5-2-6-10-17)11-12-18(19)16-7-3-1-4-8-16/h1-13,24H,14H2. The molecule has 0 amide bonds. The second kappa shape index (κ2) is 6.79. The van der Waals surface area contributed by atoms with Crippen molar-refractivity contribution < 1.29 is 13.2 Å². The Morgan fingerprint density at radius 3 is 2.00 bits per heavy atom. The monoisotopic (exact) mass is 327 g/mol. The Morgan fingerprint density at radius 1 is 0.750 bits per heavy atom. The molecule has 1 nitrogen and oxygen atoms in total. The Kier molecular flexibility index (Phi) is 4.56. The van der Waals surface area contributed by atoms with Gasteiger partial charge in [-0.05, 0) is 34.9 Å². The highest BCUT2D eigenvalue weighted by Crippen LogP contribution is 2.37. The topological polar surface area (TPSA) is 12.0 Å². The molecule has 0 aliphatic rings. The molecule has 0 aliphatic heterocycles. The van der Waals surface area contributed by atoms with Gasteiger partial charge < -0.3 is 5.32 Å². The largest absolute Gasteiger partial charge is 0.417 e. The molecule has 0 radical (unpaired) electrons. The zero-order valence-corrected chi connectivity index (χ0v) is 12.8. The fourth-order valence-electron chi connectivity index (χ4n) is 2.57. The number of alkyl halides is 3. The van der Waals surface area contributed by atoms with Gasteiger partial charge in [-0.15, -0.1) is 0 Å². The van der Waals surface area contributed by atoms with E-state index in [9.17, 15) is 13.2 Å². The number of benzene rings is 3. The van der Waals surface area contributed by atoms with Crippen LogP contribution in [-0.4, -0.2) is 0 Å². The van der Waals surface area contributed by atoms with E-state index in [1.807, 2.05) is 30.3 Å². The molecule has 0 fully saturated rings. The molecule has 0 spiro atoms. The van der Waals surface area contributed by atoms with Gasteiger partial charge in [0.1, 0.15) is 0 Å². The number of hydrogen-bond donors (Lipinski definition) is 1. The van der Waals surface area contributed by atoms with E-state index in [1.54, 1.807) is 42.5 Å². The van der Waals surface area contributed by atoms with E-state index in [2.05, 4.69) is 5.32 Å². The molecule has 0 saturated carbocycles. The first-order valence-electron chi connectivity index (χ1n) is 7.58. The first kappa shape index (κ1) is 16.1. The number of rotatable bonds is 4. The molecular formula is C20H16F3N. The Balaban J connectivity index is 1.90. The minimum atomic E-state index is -4.39. The maximum absolute atomic E-state index is 13.5. The number of nitrogens with one attached hydrogen (secondary N) is 1. The summed E-state index contributed by atoms with van der Waals surface area (Å²) in [6.07, 6.45) is -4.39. The van der Waals surface area contributed by atoms with Gasteiger partial charge in [-0.2, -0.15) is 13.2 Å². The SMILES string of the molecule is FC(F)(F)c1cc(CNc2ccccc2)ccc1-c1ccccc1. The Morgan fingerprint density at radius 2 is 1.38 bits per heavy atom. The van der Waals surface area contributed by atoms with Gasteiger partial charge in [0, 0.05) is 12.2 Å². The molecule has 0 saturated heterocycles. The van der Waals surface area contributed by atoms with E-state index in [0.29, 0.717) is 17.7 Å². The quantitative estimate of drug-likeness (QED) is 0.621. The first-order chi connectivity index (χ1) is 11.5. The van der Waals surface area contributed by atoms with E-state index in [-0.39, 0.29) is 5.56 Å². The predicted octanol–water partition coefficient (Wildman–Crippen LogP) is 5.98. The minimum absolute atomic E-state index is 0.201. The molecular weight excluding hydrogens is 311 g/mol. The summed E-state index contributed by atoms with van der Waals surface area (Å²) in [4.78, 5) is 0. The van der Waals surface area contributed by atoms with Crippen LogP contribution >= 0.6 is 0 Å². The van der Waals surface area contributed by atoms with Crippen molar-refractivity contribution in [2.75, 3.05) is 5.32 Å². The highest BCUT2D eigenvalue weighted by atomic mass is 19.4. The third kappa shape index (κ3) is 3.77. The van der Waals surface area contributed by atoms with Crippen LogP contribution in [0.1, 0.15) is 11.1 Å². The molecule has 0 bridgehead atoms. The number of hydrogen-bond acceptors (Lipinski definition) is 1. The zero-order chi connectivity index (χ0) is 17.0. The highest BCUT2D eigenvalue weighted by Gasteiger charge is 2.33. The van der Waals surface area contributed by atoms with Crippen LogP contribution < -0.4 is 5.32 Å². The number of para-hydroxylation sites is 1. The normalized spacial score (nSPS) is 11.3. The van der Waals surface area contributed by atoms with Gasteiger partial charge in [-0.3, -0.25) is 0 Å². The minimum Gasteiger partial charge on any atom is -0.381 e. The summed E-state index contributed by atoms with van der Waals surface area (Å²) in [5.74, 6) is 0. The Labute approximate surface area is 138 Å². The van der Waals surface area contributed by atoms with Crippen molar-refractivity contribution in [2.45, 2.75) is 12.7 Å². The third-order valence-corrected chi connectivity index (χ3v) is 3.74. The summed E-state index contributed by atoms with van der Waals surface area (Å²) >= 11 is 0. The van der Waals surface area contributed by atoms with Crippen LogP contribution in [0.3, 0.4) is 0 Å². The van der Waals surface area contributed by atoms with Gasteiger partial charge in [-0.25, -0.2) is 0 Å². The van der Waals surface area contributed by atoms with Crippen molar-refractivity contribution in [3.63, 3.8) is 0 Å². The fraction of sp³-hybridized carbons (Fsp3) is 0.100. The summed E-state index contributed by atoms with van der Waals surface area (Å²) in [5, 5.41) is 3.13. The summed E-state index contributed by atoms with van der Waals surface area (Å²) < 4.78 is 40.4. The van der Waals surface area contributed by atoms with Crippen LogP contribution in [-0.2, 0) is 12.7 Å². The fourth-order valence-corrected chi connectivity index (χ4v) is 2.57. The van der Waals surface area contributed by atoms with Crippen LogP contribution in [0.5, 0.6) is 0 Å². The molecule has 0 heterocycles. The lowest BCUT2D eigenvalue weighted by molar-refractivity contribution is -0.137. The van der Waals surface area contributed by atoms with Crippen molar-refractivity contribution in [3.05, 3.63) is 90.0 Å². The first-order valence-corrected chi connectivity index (χ1v) is 7.58. The van der Waals surface area contributed by atoms with Crippen LogP contribution in [0.2, 0.25) is 0 Å². The van der Waals surface area contributed by atoms with Gasteiger partial charge in [-0.1, -0.05) is 60.7 Å². The second-order valence-electron chi connectivity index (χ2n) is 5.46. The molecule has 0 unspecified atom stereocenters. The summed E-state index contributed by atoms with van der Waals surface area (Å²) in [5.41, 5.74) is 1.61. The van der Waals surface area contributed by atoms with E-state index >= 15 is 0 Å². The second-order valence-corrected chi connectivity index (χ2v) is 5.46. The molecule has 122 valence electrons. The maximum atomic E-state index is 13.5. The third-order valence-electron chi connectivity index (χ3n) is 3.74. The average molecular weight is 327 g/mol. The van der Waals surface area contributed by atoms with Gasteiger partial charge in [0.15, 0.2) is 0 Å². The summed E-state index contributed by atoms with van der Waals surface area (Å²) in [6.45, 7) is 0.335. The lowest BCUT2D eigenvalue weighted by Gasteiger charge is -2.15. The summed E-state index contributed by atoms with van der Waals surface area (Å²) in [7, 11) is 0. The van der Waals surface area contributed by atoms with Crippen molar-refractivity contribution in [2.24, 2.45) is 0 Å². The van der Waals surface area contributed by atoms with Crippen LogP contribution in [0.25, 0.3) is 11.1 Å². The van der Waals surface area contributed by atoms with Crippen molar-refractivity contribution in [1.29, 1.82) is 0 Å². The van der Waals surface area contributed by atoms with E-state index < -0.39 is 11.7 Å². The zero-order valence-electron chi connectivity index (χ0n) is 12.8. The molecule has 1 N–H and O–H groups in total. The van der Waals surface area contributed by atoms with Crippen LogP contribution in [0.4, 0.5) is 18.9 Å². The van der Waals surface area contributed by atoms with Gasteiger partial charge >= 0.3 is 6.18 Å². The van der Waals surface area contributed by atoms with Crippen molar-refractivity contribution in [1.82, 2.24) is 0 Å². The predicted molar refractivity (Wildman–Crippen MR) is 90.6 cm³/mol. The molecule has 0 aliphatic carbocycles. The van der Waals surface area contributed by atoms with Gasteiger partial charge in [0.05, 0.1) is 5.56 Å². The molecule has 0 aromatic heterocycles. The molecule has 3 aromatic carbocycles. The number of halogens is 3. The highest BCUT2D eigenvalue weighted by molar-refractivity contribution is 5.68. The Hall–Kier alpha value is -2.75. The van der Waals surface area contributed by atoms with Gasteiger partial charge in [0.2, 0.25) is 0 Å². The molecule has 3 aromatic rings. The van der Waals surface area contributed by atoms with E-state index in [4.69, 9.17) is 0 Å². The number of anilines is 1. The molecule has 0 atom stereocenters. The van der Waals surface area contributed by atoms with Gasteiger partial charge in [0.25, 0.3) is 0 Å². The van der Waals surface area contributed by atoms with E-state index in [1.165, 1.54) is 6.07 Å². The van der Waals surface area contributed by atoms with Crippen LogP contribution in [0, 0.1) is 0 Å².